The van der Waals surface area contributed by atoms with E-state index in [1.807, 2.05) is 0 Å². The van der Waals surface area contributed by atoms with Gasteiger partial charge in [0, 0.05) is 5.56 Å². The van der Waals surface area contributed by atoms with Crippen molar-refractivity contribution in [2.24, 2.45) is 0 Å². The van der Waals surface area contributed by atoms with Crippen LogP contribution < -0.4 is 16.1 Å². The molecule has 0 aliphatic carbocycles. The molecule has 0 amide bonds. The molecule has 2 aromatic rings. The molecule has 0 radical (unpaired) electrons. The molecule has 18 heavy (non-hydrogen) atoms. The first-order valence-corrected chi connectivity index (χ1v) is 6.33. The molecule has 94 valence electrons. The smallest absolute Gasteiger partial charge is 0.299 e. The fourth-order valence-electron chi connectivity index (χ4n) is 1.48. The van der Waals surface area contributed by atoms with Crippen molar-refractivity contribution in [3.8, 4) is 17.0 Å². The second kappa shape index (κ2) is 5.09. The summed E-state index contributed by atoms with van der Waals surface area (Å²) in [4.78, 5) is 12.0. The van der Waals surface area contributed by atoms with E-state index in [9.17, 15) is 4.79 Å². The lowest BCUT2D eigenvalue weighted by molar-refractivity contribution is 0.415. The second-order valence-corrected chi connectivity index (χ2v) is 4.22. The molecule has 7 heteroatoms. The normalized spacial score (nSPS) is 10.3. The van der Waals surface area contributed by atoms with Gasteiger partial charge in [0.1, 0.15) is 5.75 Å². The number of nitrogens with zero attached hydrogens (tertiary/aromatic N) is 3. The van der Waals surface area contributed by atoms with Gasteiger partial charge in [-0.1, -0.05) is 23.9 Å². The minimum atomic E-state index is -0.386. The monoisotopic (exact) mass is 264 g/mol. The van der Waals surface area contributed by atoms with E-state index < -0.39 is 0 Å². The van der Waals surface area contributed by atoms with Crippen molar-refractivity contribution in [3.63, 3.8) is 0 Å². The number of rotatable bonds is 3. The van der Waals surface area contributed by atoms with Crippen molar-refractivity contribution in [1.29, 1.82) is 0 Å². The van der Waals surface area contributed by atoms with Crippen molar-refractivity contribution in [2.75, 3.05) is 19.2 Å². The van der Waals surface area contributed by atoms with Crippen LogP contribution in [0.5, 0.6) is 5.75 Å². The van der Waals surface area contributed by atoms with E-state index in [1.165, 1.54) is 11.8 Å². The highest BCUT2D eigenvalue weighted by Crippen LogP contribution is 2.19. The van der Waals surface area contributed by atoms with E-state index >= 15 is 0 Å². The summed E-state index contributed by atoms with van der Waals surface area (Å²) in [6.45, 7) is 0. The summed E-state index contributed by atoms with van der Waals surface area (Å²) in [6, 6.07) is 7.03. The Kier molecular flexibility index (Phi) is 3.52. The predicted octanol–water partition coefficient (Wildman–Crippen LogP) is 0.750. The molecule has 0 spiro atoms. The van der Waals surface area contributed by atoms with Gasteiger partial charge in [-0.25, -0.2) is 0 Å². The molecule has 0 aliphatic rings. The zero-order valence-electron chi connectivity index (χ0n) is 9.95. The number of nitrogens with two attached hydrogens (primary N) is 1. The zero-order valence-corrected chi connectivity index (χ0v) is 10.8. The number of hydrogen-bond acceptors (Lipinski definition) is 6. The lowest BCUT2D eigenvalue weighted by Crippen LogP contribution is -2.31. The molecule has 0 unspecified atom stereocenters. The molecule has 0 saturated heterocycles. The van der Waals surface area contributed by atoms with Crippen molar-refractivity contribution in [2.45, 2.75) is 5.16 Å². The van der Waals surface area contributed by atoms with E-state index in [2.05, 4.69) is 10.2 Å². The van der Waals surface area contributed by atoms with Gasteiger partial charge in [-0.05, 0) is 18.4 Å². The molecule has 1 heterocycles. The number of nitrogen functional groups attached to an aromatic ring is 1. The van der Waals surface area contributed by atoms with Gasteiger partial charge in [-0.2, -0.15) is 4.68 Å². The summed E-state index contributed by atoms with van der Waals surface area (Å²) in [5, 5.41) is 8.18. The van der Waals surface area contributed by atoms with Crippen LogP contribution >= 0.6 is 11.8 Å². The van der Waals surface area contributed by atoms with Crippen LogP contribution in [-0.2, 0) is 0 Å². The standard InChI is InChI=1S/C11H12N4O2S/c1-17-8-5-3-4-7(6-8)9-10(16)15(12)11(18-2)14-13-9/h3-6H,12H2,1-2H3. The van der Waals surface area contributed by atoms with Gasteiger partial charge in [-0.15, -0.1) is 10.2 Å². The zero-order chi connectivity index (χ0) is 13.1. The molecule has 2 rings (SSSR count). The van der Waals surface area contributed by atoms with E-state index in [0.29, 0.717) is 16.5 Å². The first-order chi connectivity index (χ1) is 8.67. The third-order valence-electron chi connectivity index (χ3n) is 2.39. The number of thioether (sulfide) groups is 1. The second-order valence-electron chi connectivity index (χ2n) is 3.44. The van der Waals surface area contributed by atoms with Crippen LogP contribution in [0.3, 0.4) is 0 Å². The molecule has 0 aliphatic heterocycles. The summed E-state index contributed by atoms with van der Waals surface area (Å²) in [7, 11) is 1.56. The average molecular weight is 264 g/mol. The summed E-state index contributed by atoms with van der Waals surface area (Å²) < 4.78 is 6.09. The Morgan fingerprint density at radius 2 is 2.17 bits per heavy atom. The van der Waals surface area contributed by atoms with Gasteiger partial charge >= 0.3 is 0 Å². The van der Waals surface area contributed by atoms with Crippen LogP contribution in [-0.4, -0.2) is 28.2 Å². The number of methoxy groups -OCH3 is 1. The maximum atomic E-state index is 12.0. The van der Waals surface area contributed by atoms with Crippen LogP contribution in [0.25, 0.3) is 11.3 Å². The number of aromatic nitrogens is 3. The topological polar surface area (TPSA) is 83.0 Å². The van der Waals surface area contributed by atoms with Crippen molar-refractivity contribution in [3.05, 3.63) is 34.6 Å². The van der Waals surface area contributed by atoms with Crippen LogP contribution in [0.2, 0.25) is 0 Å². The summed E-state index contributed by atoms with van der Waals surface area (Å²) in [6.07, 6.45) is 1.78. The fraction of sp³-hybridized carbons (Fsp3) is 0.182. The molecular formula is C11H12N4O2S. The molecule has 1 aromatic carbocycles. The summed E-state index contributed by atoms with van der Waals surface area (Å²) in [5.74, 6) is 6.30. The third-order valence-corrected chi connectivity index (χ3v) is 3.03. The van der Waals surface area contributed by atoms with Crippen LogP contribution in [0, 0.1) is 0 Å². The Hall–Kier alpha value is -2.02. The first-order valence-electron chi connectivity index (χ1n) is 5.10. The molecule has 6 nitrogen and oxygen atoms in total. The largest absolute Gasteiger partial charge is 0.497 e. The molecule has 0 fully saturated rings. The molecule has 0 bridgehead atoms. The Morgan fingerprint density at radius 1 is 1.39 bits per heavy atom. The maximum absolute atomic E-state index is 12.0. The van der Waals surface area contributed by atoms with Crippen molar-refractivity contribution in [1.82, 2.24) is 14.9 Å². The van der Waals surface area contributed by atoms with Gasteiger partial charge < -0.3 is 10.6 Å². The summed E-state index contributed by atoms with van der Waals surface area (Å²) >= 11 is 1.26. The third kappa shape index (κ3) is 2.17. The Balaban J connectivity index is 2.58. The Bertz CT molecular complexity index is 627. The number of hydrogen-bond donors (Lipinski definition) is 1. The minimum absolute atomic E-state index is 0.203. The van der Waals surface area contributed by atoms with Gasteiger partial charge in [0.05, 0.1) is 7.11 Å². The van der Waals surface area contributed by atoms with E-state index in [-0.39, 0.29) is 11.3 Å². The highest BCUT2D eigenvalue weighted by atomic mass is 32.2. The van der Waals surface area contributed by atoms with Crippen LogP contribution in [0.4, 0.5) is 0 Å². The van der Waals surface area contributed by atoms with Crippen molar-refractivity contribution < 1.29 is 4.74 Å². The highest BCUT2D eigenvalue weighted by Gasteiger charge is 2.11. The lowest BCUT2D eigenvalue weighted by Gasteiger charge is -2.06. The number of ether oxygens (including phenoxy) is 1. The number of benzene rings is 1. The van der Waals surface area contributed by atoms with E-state index in [4.69, 9.17) is 10.6 Å². The van der Waals surface area contributed by atoms with Crippen LogP contribution in [0.1, 0.15) is 0 Å². The molecule has 0 saturated carbocycles. The lowest BCUT2D eigenvalue weighted by atomic mass is 10.1. The molecule has 0 atom stereocenters. The highest BCUT2D eigenvalue weighted by molar-refractivity contribution is 7.98. The van der Waals surface area contributed by atoms with Gasteiger partial charge in [0.2, 0.25) is 5.16 Å². The first kappa shape index (κ1) is 12.4. The molecular weight excluding hydrogens is 252 g/mol. The van der Waals surface area contributed by atoms with Crippen LogP contribution in [0.15, 0.2) is 34.2 Å². The fourth-order valence-corrected chi connectivity index (χ4v) is 1.88. The van der Waals surface area contributed by atoms with Crippen molar-refractivity contribution >= 4 is 11.8 Å². The Morgan fingerprint density at radius 3 is 2.83 bits per heavy atom. The predicted molar refractivity (Wildman–Crippen MR) is 70.2 cm³/mol. The minimum Gasteiger partial charge on any atom is -0.497 e. The average Bonchev–Trinajstić information content (AvgIpc) is 2.42. The Labute approximate surface area is 108 Å². The quantitative estimate of drug-likeness (QED) is 0.650. The van der Waals surface area contributed by atoms with Gasteiger partial charge in [-0.3, -0.25) is 4.79 Å². The SMILES string of the molecule is COc1cccc(-c2nnc(SC)n(N)c2=O)c1. The molecule has 1 aromatic heterocycles. The van der Waals surface area contributed by atoms with E-state index in [0.717, 1.165) is 4.68 Å². The summed E-state index contributed by atoms with van der Waals surface area (Å²) in [5.41, 5.74) is 0.440. The van der Waals surface area contributed by atoms with Gasteiger partial charge in [0.25, 0.3) is 5.56 Å². The molecule has 2 N–H and O–H groups in total. The van der Waals surface area contributed by atoms with Gasteiger partial charge in [0.15, 0.2) is 5.69 Å². The maximum Gasteiger partial charge on any atom is 0.299 e. The van der Waals surface area contributed by atoms with E-state index in [1.54, 1.807) is 37.6 Å².